The molecule has 3 aliphatic rings. The van der Waals surface area contributed by atoms with Crippen molar-refractivity contribution in [1.82, 2.24) is 0 Å². The van der Waals surface area contributed by atoms with Crippen LogP contribution in [-0.4, -0.2) is 10.9 Å². The summed E-state index contributed by atoms with van der Waals surface area (Å²) in [6, 6.07) is 0. The summed E-state index contributed by atoms with van der Waals surface area (Å²) in [5, 5.41) is 0.282. The molecule has 0 aliphatic heterocycles. The van der Waals surface area contributed by atoms with Crippen LogP contribution in [-0.2, 0) is 4.79 Å². The minimum atomic E-state index is 0.282. The van der Waals surface area contributed by atoms with E-state index in [0.29, 0.717) is 5.41 Å². The molecule has 2 bridgehead atoms. The van der Waals surface area contributed by atoms with Crippen molar-refractivity contribution in [3.63, 3.8) is 0 Å². The quantitative estimate of drug-likeness (QED) is 0.698. The van der Waals surface area contributed by atoms with Crippen LogP contribution in [0.1, 0.15) is 40.0 Å². The molecule has 3 saturated carbocycles. The van der Waals surface area contributed by atoms with Crippen LogP contribution in [0.4, 0.5) is 0 Å². The van der Waals surface area contributed by atoms with Gasteiger partial charge in [0.15, 0.2) is 5.12 Å². The average molecular weight is 212 g/mol. The molecule has 3 fully saturated rings. The van der Waals surface area contributed by atoms with Crippen LogP contribution < -0.4 is 0 Å². The van der Waals surface area contributed by atoms with Gasteiger partial charge in [-0.15, -0.1) is 0 Å². The van der Waals surface area contributed by atoms with Crippen molar-refractivity contribution in [3.8, 4) is 0 Å². The van der Waals surface area contributed by atoms with Gasteiger partial charge in [-0.05, 0) is 42.4 Å². The van der Waals surface area contributed by atoms with Crippen LogP contribution in [0.15, 0.2) is 0 Å². The van der Waals surface area contributed by atoms with Gasteiger partial charge in [0.05, 0.1) is 0 Å². The van der Waals surface area contributed by atoms with Crippen molar-refractivity contribution in [1.29, 1.82) is 0 Å². The number of hydrogen-bond acceptors (Lipinski definition) is 2. The molecule has 0 saturated heterocycles. The molecule has 0 radical (unpaired) electrons. The largest absolute Gasteiger partial charge is 0.288 e. The molecule has 0 aromatic heterocycles. The van der Waals surface area contributed by atoms with Gasteiger partial charge in [0.1, 0.15) is 0 Å². The molecule has 0 N–H and O–H groups in total. The molecule has 2 heteroatoms. The number of carbonyl (C=O) groups is 1. The Bertz CT molecular complexity index is 245. The SMILES string of the molecule is CC(=O)SC[C@H]1CC[C@H]2C[C@@H]1C2(C)C. The van der Waals surface area contributed by atoms with Gasteiger partial charge in [0.25, 0.3) is 0 Å². The van der Waals surface area contributed by atoms with Crippen molar-refractivity contribution in [2.75, 3.05) is 5.75 Å². The third-order valence-corrected chi connectivity index (χ3v) is 5.50. The number of rotatable bonds is 2. The van der Waals surface area contributed by atoms with Gasteiger partial charge in [0.2, 0.25) is 0 Å². The maximum absolute atomic E-state index is 10.9. The van der Waals surface area contributed by atoms with Gasteiger partial charge < -0.3 is 0 Å². The molecule has 0 aromatic carbocycles. The van der Waals surface area contributed by atoms with Crippen molar-refractivity contribution in [3.05, 3.63) is 0 Å². The Hall–Kier alpha value is 0.0200. The summed E-state index contributed by atoms with van der Waals surface area (Å²) in [6.07, 6.45) is 4.18. The molecule has 0 spiro atoms. The third kappa shape index (κ3) is 1.62. The normalized spacial score (nSPS) is 38.9. The second-order valence-electron chi connectivity index (χ2n) is 5.50. The van der Waals surface area contributed by atoms with E-state index in [0.717, 1.165) is 23.5 Å². The van der Waals surface area contributed by atoms with Crippen molar-refractivity contribution < 1.29 is 4.79 Å². The fourth-order valence-corrected chi connectivity index (χ4v) is 4.23. The second-order valence-corrected chi connectivity index (χ2v) is 6.70. The highest BCUT2D eigenvalue weighted by atomic mass is 32.2. The smallest absolute Gasteiger partial charge is 0.185 e. The lowest BCUT2D eigenvalue weighted by Gasteiger charge is -2.60. The topological polar surface area (TPSA) is 17.1 Å². The number of hydrogen-bond donors (Lipinski definition) is 0. The van der Waals surface area contributed by atoms with E-state index in [-0.39, 0.29) is 5.12 Å². The van der Waals surface area contributed by atoms with Gasteiger partial charge in [-0.25, -0.2) is 0 Å². The molecule has 0 amide bonds. The predicted octanol–water partition coefficient (Wildman–Crippen LogP) is 3.34. The van der Waals surface area contributed by atoms with E-state index in [1.807, 2.05) is 0 Å². The van der Waals surface area contributed by atoms with Crippen LogP contribution in [0.25, 0.3) is 0 Å². The number of fused-ring (bicyclic) bond motifs is 2. The third-order valence-electron chi connectivity index (χ3n) is 4.50. The summed E-state index contributed by atoms with van der Waals surface area (Å²) in [4.78, 5) is 10.9. The first kappa shape index (κ1) is 10.5. The standard InChI is InChI=1S/C12H20OS/c1-8(13)14-7-9-4-5-10-6-11(9)12(10,2)3/h9-11H,4-7H2,1-3H3/t9-,10+,11+/m1/s1. The summed E-state index contributed by atoms with van der Waals surface area (Å²) in [7, 11) is 0. The molecule has 0 heterocycles. The highest BCUT2D eigenvalue weighted by molar-refractivity contribution is 8.13. The first-order chi connectivity index (χ1) is 6.51. The number of thioether (sulfide) groups is 1. The zero-order valence-corrected chi connectivity index (χ0v) is 10.2. The van der Waals surface area contributed by atoms with E-state index in [4.69, 9.17) is 0 Å². The maximum Gasteiger partial charge on any atom is 0.185 e. The summed E-state index contributed by atoms with van der Waals surface area (Å²) in [6.45, 7) is 6.51. The van der Waals surface area contributed by atoms with E-state index in [1.54, 1.807) is 6.92 Å². The fourth-order valence-electron chi connectivity index (χ4n) is 3.39. The molecule has 3 rings (SSSR count). The van der Waals surface area contributed by atoms with Gasteiger partial charge in [-0.3, -0.25) is 4.79 Å². The van der Waals surface area contributed by atoms with Gasteiger partial charge >= 0.3 is 0 Å². The Balaban J connectivity index is 1.91. The maximum atomic E-state index is 10.9. The minimum absolute atomic E-state index is 0.282. The Morgan fingerprint density at radius 3 is 2.64 bits per heavy atom. The monoisotopic (exact) mass is 212 g/mol. The Kier molecular flexibility index (Phi) is 2.67. The van der Waals surface area contributed by atoms with Crippen LogP contribution in [0.3, 0.4) is 0 Å². The molecule has 0 aromatic rings. The van der Waals surface area contributed by atoms with Crippen molar-refractivity contribution in [2.45, 2.75) is 40.0 Å². The van der Waals surface area contributed by atoms with Crippen LogP contribution >= 0.6 is 11.8 Å². The lowest BCUT2D eigenvalue weighted by molar-refractivity contribution is -0.109. The zero-order valence-electron chi connectivity index (χ0n) is 9.38. The lowest BCUT2D eigenvalue weighted by Crippen LogP contribution is -2.52. The summed E-state index contributed by atoms with van der Waals surface area (Å²) in [5.74, 6) is 3.75. The fraction of sp³-hybridized carbons (Fsp3) is 0.917. The zero-order chi connectivity index (χ0) is 10.3. The van der Waals surface area contributed by atoms with Crippen LogP contribution in [0.2, 0.25) is 0 Å². The van der Waals surface area contributed by atoms with Crippen LogP contribution in [0, 0.1) is 23.2 Å². The van der Waals surface area contributed by atoms with Gasteiger partial charge in [0, 0.05) is 12.7 Å². The summed E-state index contributed by atoms with van der Waals surface area (Å²) < 4.78 is 0. The lowest BCUT2D eigenvalue weighted by atomic mass is 9.46. The average Bonchev–Trinajstić information content (AvgIpc) is 2.14. The van der Waals surface area contributed by atoms with E-state index < -0.39 is 0 Å². The van der Waals surface area contributed by atoms with E-state index in [9.17, 15) is 4.79 Å². The Morgan fingerprint density at radius 1 is 1.43 bits per heavy atom. The molecule has 3 atom stereocenters. The summed E-state index contributed by atoms with van der Waals surface area (Å²) in [5.41, 5.74) is 0.570. The molecule has 0 unspecified atom stereocenters. The Morgan fingerprint density at radius 2 is 2.14 bits per heavy atom. The van der Waals surface area contributed by atoms with Crippen molar-refractivity contribution >= 4 is 16.9 Å². The minimum Gasteiger partial charge on any atom is -0.288 e. The molecule has 1 nitrogen and oxygen atoms in total. The number of carbonyl (C=O) groups excluding carboxylic acids is 1. The van der Waals surface area contributed by atoms with Gasteiger partial charge in [-0.1, -0.05) is 25.6 Å². The van der Waals surface area contributed by atoms with E-state index in [1.165, 1.54) is 31.0 Å². The van der Waals surface area contributed by atoms with E-state index in [2.05, 4.69) is 13.8 Å². The summed E-state index contributed by atoms with van der Waals surface area (Å²) >= 11 is 1.53. The first-order valence-corrected chi connectivity index (χ1v) is 6.63. The molecule has 80 valence electrons. The highest BCUT2D eigenvalue weighted by Crippen LogP contribution is 2.61. The molecular formula is C12H20OS. The predicted molar refractivity (Wildman–Crippen MR) is 61.2 cm³/mol. The van der Waals surface area contributed by atoms with Crippen molar-refractivity contribution in [2.24, 2.45) is 23.2 Å². The highest BCUT2D eigenvalue weighted by Gasteiger charge is 2.53. The molecule has 3 aliphatic carbocycles. The van der Waals surface area contributed by atoms with E-state index >= 15 is 0 Å². The van der Waals surface area contributed by atoms with Gasteiger partial charge in [-0.2, -0.15) is 0 Å². The second kappa shape index (κ2) is 3.55. The van der Waals surface area contributed by atoms with Crippen LogP contribution in [0.5, 0.6) is 0 Å². The molecular weight excluding hydrogens is 192 g/mol. The Labute approximate surface area is 91.0 Å². The first-order valence-electron chi connectivity index (χ1n) is 5.65. The molecule has 14 heavy (non-hydrogen) atoms.